The first kappa shape index (κ1) is 24.6. The van der Waals surface area contributed by atoms with Crippen molar-refractivity contribution in [1.29, 1.82) is 0 Å². The molecule has 3 heterocycles. The number of ether oxygens (including phenoxy) is 1. The quantitative estimate of drug-likeness (QED) is 0.282. The Morgan fingerprint density at radius 2 is 1.82 bits per heavy atom. The lowest BCUT2D eigenvalue weighted by atomic mass is 10.2. The Balaban J connectivity index is 0.00000306. The highest BCUT2D eigenvalue weighted by atomic mass is 127. The van der Waals surface area contributed by atoms with Crippen LogP contribution in [-0.2, 0) is 13.2 Å². The molecule has 0 bridgehead atoms. The first-order valence-electron chi connectivity index (χ1n) is 10.6. The number of carbonyl (C=O) groups is 1. The minimum absolute atomic E-state index is 0. The fourth-order valence-electron chi connectivity index (χ4n) is 3.60. The van der Waals surface area contributed by atoms with Crippen LogP contribution in [0.1, 0.15) is 21.7 Å². The maximum atomic E-state index is 12.5. The van der Waals surface area contributed by atoms with Gasteiger partial charge in [0.1, 0.15) is 6.61 Å². The molecule has 0 unspecified atom stereocenters. The van der Waals surface area contributed by atoms with Gasteiger partial charge in [0.2, 0.25) is 5.88 Å². The van der Waals surface area contributed by atoms with Crippen LogP contribution in [0.2, 0.25) is 0 Å². The monoisotopic (exact) mass is 561 g/mol. The van der Waals surface area contributed by atoms with E-state index in [1.807, 2.05) is 42.5 Å². The molecule has 0 atom stereocenters. The van der Waals surface area contributed by atoms with Gasteiger partial charge in [-0.05, 0) is 23.8 Å². The Morgan fingerprint density at radius 1 is 1.06 bits per heavy atom. The number of benzene rings is 1. The molecule has 1 aliphatic rings. The van der Waals surface area contributed by atoms with Gasteiger partial charge < -0.3 is 24.3 Å². The van der Waals surface area contributed by atoms with E-state index in [0.29, 0.717) is 51.0 Å². The standard InChI is InChI=1S/C24H27N5O3.HI/c1-25-24(29-14-12-28(13-15-29)23(30)21-10-6-16-31-21)27-17-20-9-5-11-26-22(20)32-18-19-7-3-2-4-8-19;/h2-11,16H,12-15,17-18H2,1H3,(H,25,27);1H. The number of nitrogens with one attached hydrogen (secondary N) is 1. The summed E-state index contributed by atoms with van der Waals surface area (Å²) in [6.45, 7) is 3.60. The first-order chi connectivity index (χ1) is 15.7. The van der Waals surface area contributed by atoms with Crippen molar-refractivity contribution in [3.05, 3.63) is 83.9 Å². The molecule has 0 radical (unpaired) electrons. The molecule has 0 aliphatic carbocycles. The largest absolute Gasteiger partial charge is 0.473 e. The zero-order chi connectivity index (χ0) is 22.2. The molecule has 1 saturated heterocycles. The van der Waals surface area contributed by atoms with Crippen LogP contribution >= 0.6 is 24.0 Å². The highest BCUT2D eigenvalue weighted by molar-refractivity contribution is 14.0. The minimum Gasteiger partial charge on any atom is -0.473 e. The number of furan rings is 1. The van der Waals surface area contributed by atoms with Crippen molar-refractivity contribution in [2.75, 3.05) is 33.2 Å². The molecular formula is C24H28IN5O3. The number of pyridine rings is 1. The zero-order valence-electron chi connectivity index (χ0n) is 18.5. The molecule has 1 N–H and O–H groups in total. The number of guanidine groups is 1. The van der Waals surface area contributed by atoms with Gasteiger partial charge in [-0.1, -0.05) is 36.4 Å². The van der Waals surface area contributed by atoms with Crippen molar-refractivity contribution in [3.8, 4) is 5.88 Å². The summed E-state index contributed by atoms with van der Waals surface area (Å²) in [5.41, 5.74) is 2.05. The van der Waals surface area contributed by atoms with Gasteiger partial charge in [0, 0.05) is 51.5 Å². The Kier molecular flexibility index (Phi) is 9.11. The lowest BCUT2D eigenvalue weighted by molar-refractivity contribution is 0.0657. The summed E-state index contributed by atoms with van der Waals surface area (Å²) in [6, 6.07) is 17.3. The molecule has 0 spiro atoms. The summed E-state index contributed by atoms with van der Waals surface area (Å²) < 4.78 is 11.2. The molecule has 9 heteroatoms. The highest BCUT2D eigenvalue weighted by Crippen LogP contribution is 2.16. The van der Waals surface area contributed by atoms with Crippen molar-refractivity contribution in [2.24, 2.45) is 4.99 Å². The lowest BCUT2D eigenvalue weighted by Crippen LogP contribution is -2.53. The van der Waals surface area contributed by atoms with Gasteiger partial charge >= 0.3 is 0 Å². The summed E-state index contributed by atoms with van der Waals surface area (Å²) in [7, 11) is 1.76. The van der Waals surface area contributed by atoms with Crippen molar-refractivity contribution in [1.82, 2.24) is 20.1 Å². The van der Waals surface area contributed by atoms with E-state index < -0.39 is 0 Å². The van der Waals surface area contributed by atoms with Gasteiger partial charge in [-0.15, -0.1) is 24.0 Å². The third-order valence-electron chi connectivity index (χ3n) is 5.32. The number of piperazine rings is 1. The first-order valence-corrected chi connectivity index (χ1v) is 10.6. The van der Waals surface area contributed by atoms with Crippen molar-refractivity contribution >= 4 is 35.8 Å². The fraction of sp³-hybridized carbons (Fsp3) is 0.292. The molecule has 1 fully saturated rings. The van der Waals surface area contributed by atoms with E-state index in [1.54, 1.807) is 30.3 Å². The van der Waals surface area contributed by atoms with E-state index in [9.17, 15) is 4.79 Å². The van der Waals surface area contributed by atoms with E-state index in [1.165, 1.54) is 6.26 Å². The van der Waals surface area contributed by atoms with Crippen LogP contribution in [0.3, 0.4) is 0 Å². The number of nitrogens with zero attached hydrogens (tertiary/aromatic N) is 4. The Morgan fingerprint density at radius 3 is 2.52 bits per heavy atom. The normalized spacial score (nSPS) is 13.9. The number of aromatic nitrogens is 1. The second-order valence-corrected chi connectivity index (χ2v) is 7.40. The van der Waals surface area contributed by atoms with Gasteiger partial charge in [0.25, 0.3) is 5.91 Å². The van der Waals surface area contributed by atoms with Crippen LogP contribution < -0.4 is 10.1 Å². The molecule has 1 aliphatic heterocycles. The molecule has 3 aromatic rings. The van der Waals surface area contributed by atoms with Crippen LogP contribution in [0.15, 0.2) is 76.5 Å². The molecular weight excluding hydrogens is 533 g/mol. The summed E-state index contributed by atoms with van der Waals surface area (Å²) in [5.74, 6) is 1.69. The molecule has 174 valence electrons. The van der Waals surface area contributed by atoms with Crippen molar-refractivity contribution in [3.63, 3.8) is 0 Å². The number of hydrogen-bond donors (Lipinski definition) is 1. The minimum atomic E-state index is -0.0758. The third-order valence-corrected chi connectivity index (χ3v) is 5.32. The van der Waals surface area contributed by atoms with Gasteiger partial charge in [0.15, 0.2) is 11.7 Å². The Hall–Kier alpha value is -3.08. The number of amides is 1. The van der Waals surface area contributed by atoms with Crippen LogP contribution in [0.25, 0.3) is 0 Å². The van der Waals surface area contributed by atoms with Crippen molar-refractivity contribution < 1.29 is 13.9 Å². The summed E-state index contributed by atoms with van der Waals surface area (Å²) in [5, 5.41) is 3.40. The Labute approximate surface area is 210 Å². The molecule has 1 aromatic carbocycles. The van der Waals surface area contributed by atoms with Gasteiger partial charge in [-0.2, -0.15) is 0 Å². The summed E-state index contributed by atoms with van der Waals surface area (Å²) in [4.78, 5) is 25.2. The smallest absolute Gasteiger partial charge is 0.289 e. The van der Waals surface area contributed by atoms with Gasteiger partial charge in [0.05, 0.1) is 6.26 Å². The number of carbonyl (C=O) groups excluding carboxylic acids is 1. The molecule has 2 aromatic heterocycles. The molecule has 0 saturated carbocycles. The topological polar surface area (TPSA) is 83.2 Å². The Bertz CT molecular complexity index is 1040. The van der Waals surface area contributed by atoms with Crippen LogP contribution in [-0.4, -0.2) is 59.9 Å². The summed E-state index contributed by atoms with van der Waals surface area (Å²) >= 11 is 0. The highest BCUT2D eigenvalue weighted by Gasteiger charge is 2.25. The average Bonchev–Trinajstić information content (AvgIpc) is 3.39. The second kappa shape index (κ2) is 12.2. The lowest BCUT2D eigenvalue weighted by Gasteiger charge is -2.36. The maximum absolute atomic E-state index is 12.5. The summed E-state index contributed by atoms with van der Waals surface area (Å²) in [6.07, 6.45) is 3.25. The van der Waals surface area contributed by atoms with Gasteiger partial charge in [-0.3, -0.25) is 9.79 Å². The van der Waals surface area contributed by atoms with Crippen molar-refractivity contribution in [2.45, 2.75) is 13.2 Å². The van der Waals surface area contributed by atoms with Crippen LogP contribution in [0.4, 0.5) is 0 Å². The molecule has 33 heavy (non-hydrogen) atoms. The predicted molar refractivity (Wildman–Crippen MR) is 137 cm³/mol. The van der Waals surface area contributed by atoms with E-state index in [2.05, 4.69) is 20.2 Å². The van der Waals surface area contributed by atoms with E-state index in [-0.39, 0.29) is 29.9 Å². The zero-order valence-corrected chi connectivity index (χ0v) is 20.8. The molecule has 8 nitrogen and oxygen atoms in total. The predicted octanol–water partition coefficient (Wildman–Crippen LogP) is 3.41. The molecule has 4 rings (SSSR count). The SMILES string of the molecule is CN=C(NCc1cccnc1OCc1ccccc1)N1CCN(C(=O)c2ccco2)CC1.I. The van der Waals surface area contributed by atoms with Gasteiger partial charge in [-0.25, -0.2) is 4.98 Å². The number of aliphatic imine (C=N–C) groups is 1. The number of halogens is 1. The van der Waals surface area contributed by atoms with E-state index >= 15 is 0 Å². The van der Waals surface area contributed by atoms with E-state index in [4.69, 9.17) is 9.15 Å². The second-order valence-electron chi connectivity index (χ2n) is 7.40. The number of rotatable bonds is 6. The third kappa shape index (κ3) is 6.47. The number of hydrogen-bond acceptors (Lipinski definition) is 5. The van der Waals surface area contributed by atoms with Crippen LogP contribution in [0, 0.1) is 0 Å². The average molecular weight is 561 g/mol. The molecule has 1 amide bonds. The fourth-order valence-corrected chi connectivity index (χ4v) is 3.60. The maximum Gasteiger partial charge on any atom is 0.289 e. The van der Waals surface area contributed by atoms with Crippen LogP contribution in [0.5, 0.6) is 5.88 Å². The van der Waals surface area contributed by atoms with E-state index in [0.717, 1.165) is 17.1 Å².